The van der Waals surface area contributed by atoms with Crippen LogP contribution in [0.5, 0.6) is 0 Å². The van der Waals surface area contributed by atoms with Crippen LogP contribution in [0.15, 0.2) is 47.4 Å². The molecule has 0 aliphatic carbocycles. The number of rotatable bonds is 9. The van der Waals surface area contributed by atoms with Crippen molar-refractivity contribution in [3.8, 4) is 6.07 Å². The van der Waals surface area contributed by atoms with E-state index in [1.54, 1.807) is 42.5 Å². The molecular formula is C24H29N5O5S. The van der Waals surface area contributed by atoms with E-state index >= 15 is 0 Å². The van der Waals surface area contributed by atoms with Gasteiger partial charge in [-0.25, -0.2) is 8.42 Å². The van der Waals surface area contributed by atoms with E-state index in [2.05, 4.69) is 16.0 Å². The first-order valence-electron chi connectivity index (χ1n) is 11.6. The molecule has 11 heteroatoms. The Bertz CT molecular complexity index is 1170. The number of amides is 1. The molecule has 2 fully saturated rings. The Morgan fingerprint density at radius 2 is 1.83 bits per heavy atom. The van der Waals surface area contributed by atoms with E-state index in [9.17, 15) is 13.2 Å². The molecule has 186 valence electrons. The summed E-state index contributed by atoms with van der Waals surface area (Å²) in [6.07, 6.45) is 2.08. The van der Waals surface area contributed by atoms with E-state index < -0.39 is 10.0 Å². The lowest BCUT2D eigenvalue weighted by atomic mass is 10.2. The van der Waals surface area contributed by atoms with Gasteiger partial charge in [0, 0.05) is 31.9 Å². The highest BCUT2D eigenvalue weighted by Gasteiger charge is 2.27. The third-order valence-electron chi connectivity index (χ3n) is 5.88. The highest BCUT2D eigenvalue weighted by Crippen LogP contribution is 2.28. The van der Waals surface area contributed by atoms with Crippen LogP contribution in [0.1, 0.15) is 18.4 Å². The second-order valence-electron chi connectivity index (χ2n) is 8.33. The average Bonchev–Trinajstić information content (AvgIpc) is 3.41. The predicted molar refractivity (Wildman–Crippen MR) is 132 cm³/mol. The zero-order valence-electron chi connectivity index (χ0n) is 19.3. The molecule has 0 bridgehead atoms. The topological polar surface area (TPSA) is 133 Å². The van der Waals surface area contributed by atoms with Crippen molar-refractivity contribution in [3.05, 3.63) is 48.0 Å². The first-order valence-corrected chi connectivity index (χ1v) is 13.0. The van der Waals surface area contributed by atoms with Crippen LogP contribution in [0.3, 0.4) is 0 Å². The van der Waals surface area contributed by atoms with E-state index in [1.807, 2.05) is 6.07 Å². The number of sulfonamides is 1. The molecule has 0 unspecified atom stereocenters. The Morgan fingerprint density at radius 3 is 2.51 bits per heavy atom. The van der Waals surface area contributed by atoms with Gasteiger partial charge in [-0.1, -0.05) is 0 Å². The number of morpholine rings is 1. The summed E-state index contributed by atoms with van der Waals surface area (Å²) in [6, 6.07) is 13.4. The zero-order chi connectivity index (χ0) is 24.7. The lowest BCUT2D eigenvalue weighted by Crippen LogP contribution is -2.40. The van der Waals surface area contributed by atoms with Gasteiger partial charge in [0.2, 0.25) is 15.9 Å². The summed E-state index contributed by atoms with van der Waals surface area (Å²) in [5.74, 6) is -0.304. The van der Waals surface area contributed by atoms with Crippen molar-refractivity contribution in [1.82, 2.24) is 4.31 Å². The smallest absolute Gasteiger partial charge is 0.243 e. The molecule has 0 saturated carbocycles. The number of nitrogens with zero attached hydrogens (tertiary/aromatic N) is 2. The van der Waals surface area contributed by atoms with Crippen molar-refractivity contribution in [3.63, 3.8) is 0 Å². The van der Waals surface area contributed by atoms with Crippen LogP contribution in [-0.2, 0) is 24.3 Å². The van der Waals surface area contributed by atoms with Crippen LogP contribution < -0.4 is 16.0 Å². The Hall–Kier alpha value is -3.17. The van der Waals surface area contributed by atoms with Crippen LogP contribution >= 0.6 is 0 Å². The predicted octanol–water partition coefficient (Wildman–Crippen LogP) is 2.22. The Morgan fingerprint density at radius 1 is 1.06 bits per heavy atom. The summed E-state index contributed by atoms with van der Waals surface area (Å²) in [7, 11) is -3.69. The zero-order valence-corrected chi connectivity index (χ0v) is 20.1. The van der Waals surface area contributed by atoms with Gasteiger partial charge in [0.1, 0.15) is 0 Å². The number of carbonyl (C=O) groups is 1. The Labute approximate surface area is 205 Å². The van der Waals surface area contributed by atoms with Crippen LogP contribution in [0.4, 0.5) is 17.1 Å². The minimum absolute atomic E-state index is 0.0737. The first-order chi connectivity index (χ1) is 17.0. The van der Waals surface area contributed by atoms with Gasteiger partial charge in [-0.05, 0) is 55.3 Å². The SMILES string of the molecule is N#Cc1ccc(NC(=O)CNc2cc(S(=O)(=O)N3CCOCC3)ccc2NC[C@H]2CCCO2)cc1. The summed E-state index contributed by atoms with van der Waals surface area (Å²) in [5, 5.41) is 18.1. The van der Waals surface area contributed by atoms with Crippen LogP contribution in [0, 0.1) is 11.3 Å². The van der Waals surface area contributed by atoms with Crippen molar-refractivity contribution in [2.24, 2.45) is 0 Å². The molecule has 2 aliphatic heterocycles. The Balaban J connectivity index is 1.48. The van der Waals surface area contributed by atoms with Gasteiger partial charge in [-0.3, -0.25) is 4.79 Å². The van der Waals surface area contributed by atoms with Gasteiger partial charge >= 0.3 is 0 Å². The molecule has 2 aromatic carbocycles. The number of anilines is 3. The minimum atomic E-state index is -3.69. The third-order valence-corrected chi connectivity index (χ3v) is 7.77. The molecule has 4 rings (SSSR count). The number of nitrogens with one attached hydrogen (secondary N) is 3. The second kappa shape index (κ2) is 11.5. The third kappa shape index (κ3) is 6.49. The number of ether oxygens (including phenoxy) is 2. The fourth-order valence-corrected chi connectivity index (χ4v) is 5.39. The van der Waals surface area contributed by atoms with Gasteiger partial charge in [0.05, 0.1) is 53.8 Å². The molecule has 2 saturated heterocycles. The maximum atomic E-state index is 13.1. The largest absolute Gasteiger partial charge is 0.381 e. The molecule has 2 heterocycles. The molecule has 10 nitrogen and oxygen atoms in total. The summed E-state index contributed by atoms with van der Waals surface area (Å²) in [5.41, 5.74) is 2.26. The molecular weight excluding hydrogens is 470 g/mol. The van der Waals surface area contributed by atoms with E-state index in [0.717, 1.165) is 19.4 Å². The minimum Gasteiger partial charge on any atom is -0.381 e. The molecule has 2 aliphatic rings. The lowest BCUT2D eigenvalue weighted by molar-refractivity contribution is -0.114. The summed E-state index contributed by atoms with van der Waals surface area (Å²) < 4.78 is 38.7. The van der Waals surface area contributed by atoms with Crippen molar-refractivity contribution in [2.75, 3.05) is 62.0 Å². The molecule has 35 heavy (non-hydrogen) atoms. The van der Waals surface area contributed by atoms with Crippen molar-refractivity contribution in [2.45, 2.75) is 23.8 Å². The van der Waals surface area contributed by atoms with Crippen molar-refractivity contribution in [1.29, 1.82) is 5.26 Å². The quantitative estimate of drug-likeness (QED) is 0.478. The van der Waals surface area contributed by atoms with Crippen molar-refractivity contribution < 1.29 is 22.7 Å². The van der Waals surface area contributed by atoms with Gasteiger partial charge in [-0.2, -0.15) is 9.57 Å². The summed E-state index contributed by atoms with van der Waals surface area (Å²) in [6.45, 7) is 2.58. The molecule has 3 N–H and O–H groups in total. The number of nitriles is 1. The Kier molecular flexibility index (Phi) is 8.20. The van der Waals surface area contributed by atoms with Gasteiger partial charge < -0.3 is 25.4 Å². The van der Waals surface area contributed by atoms with Gasteiger partial charge in [0.15, 0.2) is 0 Å². The van der Waals surface area contributed by atoms with E-state index in [4.69, 9.17) is 14.7 Å². The fourth-order valence-electron chi connectivity index (χ4n) is 3.96. The highest BCUT2D eigenvalue weighted by atomic mass is 32.2. The average molecular weight is 500 g/mol. The monoisotopic (exact) mass is 499 g/mol. The number of hydrogen-bond acceptors (Lipinski definition) is 8. The van der Waals surface area contributed by atoms with Crippen LogP contribution in [0.25, 0.3) is 0 Å². The fraction of sp³-hybridized carbons (Fsp3) is 0.417. The number of carbonyl (C=O) groups excluding carboxylic acids is 1. The molecule has 0 aromatic heterocycles. The van der Waals surface area contributed by atoms with E-state index in [1.165, 1.54) is 4.31 Å². The van der Waals surface area contributed by atoms with E-state index in [0.29, 0.717) is 55.5 Å². The molecule has 0 radical (unpaired) electrons. The summed E-state index contributed by atoms with van der Waals surface area (Å²) >= 11 is 0. The second-order valence-corrected chi connectivity index (χ2v) is 10.3. The molecule has 0 spiro atoms. The summed E-state index contributed by atoms with van der Waals surface area (Å²) in [4.78, 5) is 12.7. The molecule has 2 aromatic rings. The maximum Gasteiger partial charge on any atom is 0.243 e. The lowest BCUT2D eigenvalue weighted by Gasteiger charge is -2.26. The van der Waals surface area contributed by atoms with Gasteiger partial charge in [-0.15, -0.1) is 0 Å². The number of benzene rings is 2. The van der Waals surface area contributed by atoms with E-state index in [-0.39, 0.29) is 23.5 Å². The maximum absolute atomic E-state index is 13.1. The van der Waals surface area contributed by atoms with Crippen LogP contribution in [0.2, 0.25) is 0 Å². The standard InChI is InChI=1S/C24H29N5O5S/c25-15-18-3-5-19(6-4-18)28-24(30)17-27-23-14-21(35(31,32)29-9-12-33-13-10-29)7-8-22(23)26-16-20-2-1-11-34-20/h3-8,14,20,26-27H,1-2,9-13,16-17H2,(H,28,30)/t20-/m1/s1. The van der Waals surface area contributed by atoms with Gasteiger partial charge in [0.25, 0.3) is 0 Å². The molecule has 1 amide bonds. The van der Waals surface area contributed by atoms with Crippen molar-refractivity contribution >= 4 is 33.0 Å². The van der Waals surface area contributed by atoms with Crippen LogP contribution in [-0.4, -0.2) is 70.7 Å². The highest BCUT2D eigenvalue weighted by molar-refractivity contribution is 7.89. The molecule has 1 atom stereocenters. The first kappa shape index (κ1) is 24.9. The number of hydrogen-bond donors (Lipinski definition) is 3. The normalized spacial score (nSPS) is 18.5.